The molecule has 0 bridgehead atoms. The normalized spacial score (nSPS) is 21.5. The highest BCUT2D eigenvalue weighted by atomic mass is 19.4. The lowest BCUT2D eigenvalue weighted by molar-refractivity contribution is -0.138. The van der Waals surface area contributed by atoms with Crippen molar-refractivity contribution >= 4 is 0 Å². The van der Waals surface area contributed by atoms with Gasteiger partial charge in [-0.05, 0) is 24.1 Å². The topological polar surface area (TPSA) is 49.5 Å². The number of aliphatic hydroxyl groups is 1. The van der Waals surface area contributed by atoms with Gasteiger partial charge in [0.2, 0.25) is 0 Å². The molecule has 0 radical (unpaired) electrons. The Bertz CT molecular complexity index is 460. The number of hydrogen-bond donors (Lipinski definition) is 2. The third-order valence-electron chi connectivity index (χ3n) is 3.40. The van der Waals surface area contributed by atoms with Crippen molar-refractivity contribution in [2.24, 2.45) is 5.73 Å². The Morgan fingerprint density at radius 3 is 2.68 bits per heavy atom. The molecule has 0 saturated carbocycles. The lowest BCUT2D eigenvalue weighted by Crippen LogP contribution is -2.33. The van der Waals surface area contributed by atoms with E-state index in [1.165, 1.54) is 6.07 Å². The van der Waals surface area contributed by atoms with E-state index < -0.39 is 17.8 Å². The second-order valence-electron chi connectivity index (χ2n) is 4.90. The number of rotatable bonds is 3. The standard InChI is InChI=1S/C13H17F3N2O/c1-8(19)6-18-7-10-9(12(18)5-17)3-2-4-11(10)13(14,15)16/h2-4,8,12,19H,5-7,17H2,1H3. The summed E-state index contributed by atoms with van der Waals surface area (Å²) in [7, 11) is 0. The van der Waals surface area contributed by atoms with Gasteiger partial charge in [-0.15, -0.1) is 0 Å². The van der Waals surface area contributed by atoms with Crippen molar-refractivity contribution in [2.45, 2.75) is 31.8 Å². The Morgan fingerprint density at radius 2 is 2.16 bits per heavy atom. The van der Waals surface area contributed by atoms with Crippen LogP contribution in [-0.4, -0.2) is 29.2 Å². The van der Waals surface area contributed by atoms with E-state index in [1.807, 2.05) is 0 Å². The SMILES string of the molecule is CC(O)CN1Cc2c(cccc2C(F)(F)F)C1CN. The van der Waals surface area contributed by atoms with E-state index in [4.69, 9.17) is 5.73 Å². The zero-order valence-corrected chi connectivity index (χ0v) is 10.6. The highest BCUT2D eigenvalue weighted by Gasteiger charge is 2.39. The van der Waals surface area contributed by atoms with Gasteiger partial charge >= 0.3 is 6.18 Å². The molecule has 6 heteroatoms. The summed E-state index contributed by atoms with van der Waals surface area (Å²) in [4.78, 5) is 1.80. The molecule has 3 nitrogen and oxygen atoms in total. The number of alkyl halides is 3. The van der Waals surface area contributed by atoms with E-state index >= 15 is 0 Å². The van der Waals surface area contributed by atoms with Crippen LogP contribution in [-0.2, 0) is 12.7 Å². The molecule has 1 aliphatic rings. The van der Waals surface area contributed by atoms with E-state index in [-0.39, 0.29) is 24.7 Å². The molecule has 1 aromatic rings. The number of nitrogens with zero attached hydrogens (tertiary/aromatic N) is 1. The van der Waals surface area contributed by atoms with Crippen molar-refractivity contribution in [3.8, 4) is 0 Å². The first-order valence-electron chi connectivity index (χ1n) is 6.15. The molecule has 2 unspecified atom stereocenters. The molecule has 0 aromatic heterocycles. The number of benzene rings is 1. The molecule has 1 aliphatic heterocycles. The highest BCUT2D eigenvalue weighted by Crippen LogP contribution is 2.41. The molecule has 19 heavy (non-hydrogen) atoms. The van der Waals surface area contributed by atoms with Crippen LogP contribution >= 0.6 is 0 Å². The Balaban J connectivity index is 2.40. The van der Waals surface area contributed by atoms with Crippen LogP contribution in [0.2, 0.25) is 0 Å². The lowest BCUT2D eigenvalue weighted by Gasteiger charge is -2.24. The van der Waals surface area contributed by atoms with Crippen LogP contribution in [0.3, 0.4) is 0 Å². The third-order valence-corrected chi connectivity index (χ3v) is 3.40. The van der Waals surface area contributed by atoms with Crippen LogP contribution in [0.25, 0.3) is 0 Å². The fourth-order valence-corrected chi connectivity index (χ4v) is 2.68. The molecule has 0 amide bonds. The van der Waals surface area contributed by atoms with Gasteiger partial charge in [0, 0.05) is 25.7 Å². The van der Waals surface area contributed by atoms with Gasteiger partial charge in [-0.25, -0.2) is 0 Å². The van der Waals surface area contributed by atoms with Gasteiger partial charge < -0.3 is 10.8 Å². The van der Waals surface area contributed by atoms with Crippen LogP contribution in [0.4, 0.5) is 13.2 Å². The summed E-state index contributed by atoms with van der Waals surface area (Å²) in [6.07, 6.45) is -4.96. The molecule has 106 valence electrons. The van der Waals surface area contributed by atoms with E-state index in [1.54, 1.807) is 17.9 Å². The summed E-state index contributed by atoms with van der Waals surface area (Å²) < 4.78 is 38.9. The molecule has 1 aromatic carbocycles. The largest absolute Gasteiger partial charge is 0.416 e. The number of aliphatic hydroxyl groups excluding tert-OH is 1. The summed E-state index contributed by atoms with van der Waals surface area (Å²) in [5.74, 6) is 0. The number of β-amino-alcohol motifs (C(OH)–C–C–N with tert-alkyl or cyclic N) is 1. The van der Waals surface area contributed by atoms with Gasteiger partial charge in [-0.2, -0.15) is 13.2 Å². The average Bonchev–Trinajstić information content (AvgIpc) is 2.63. The minimum Gasteiger partial charge on any atom is -0.392 e. The molecule has 2 atom stereocenters. The molecule has 2 rings (SSSR count). The van der Waals surface area contributed by atoms with E-state index in [0.29, 0.717) is 12.1 Å². The minimum atomic E-state index is -4.36. The smallest absolute Gasteiger partial charge is 0.392 e. The van der Waals surface area contributed by atoms with E-state index in [2.05, 4.69) is 0 Å². The number of halogens is 3. The van der Waals surface area contributed by atoms with E-state index in [9.17, 15) is 18.3 Å². The monoisotopic (exact) mass is 274 g/mol. The Morgan fingerprint density at radius 1 is 1.47 bits per heavy atom. The van der Waals surface area contributed by atoms with Crippen LogP contribution < -0.4 is 5.73 Å². The predicted octanol–water partition coefficient (Wildman–Crippen LogP) is 1.90. The van der Waals surface area contributed by atoms with Crippen molar-refractivity contribution in [2.75, 3.05) is 13.1 Å². The fraction of sp³-hybridized carbons (Fsp3) is 0.538. The average molecular weight is 274 g/mol. The second-order valence-corrected chi connectivity index (χ2v) is 4.90. The lowest BCUT2D eigenvalue weighted by atomic mass is 9.99. The Kier molecular flexibility index (Phi) is 3.85. The van der Waals surface area contributed by atoms with Crippen molar-refractivity contribution in [3.63, 3.8) is 0 Å². The summed E-state index contributed by atoms with van der Waals surface area (Å²) in [6, 6.07) is 3.94. The van der Waals surface area contributed by atoms with Crippen LogP contribution in [0, 0.1) is 0 Å². The zero-order valence-electron chi connectivity index (χ0n) is 10.6. The zero-order chi connectivity index (χ0) is 14.2. The van der Waals surface area contributed by atoms with Crippen molar-refractivity contribution in [3.05, 3.63) is 34.9 Å². The van der Waals surface area contributed by atoms with Gasteiger partial charge in [-0.1, -0.05) is 12.1 Å². The summed E-state index contributed by atoms with van der Waals surface area (Å²) in [5.41, 5.74) is 5.98. The summed E-state index contributed by atoms with van der Waals surface area (Å²) in [5, 5.41) is 9.43. The molecular weight excluding hydrogens is 257 g/mol. The number of fused-ring (bicyclic) bond motifs is 1. The predicted molar refractivity (Wildman–Crippen MR) is 65.3 cm³/mol. The molecular formula is C13H17F3N2O. The quantitative estimate of drug-likeness (QED) is 0.885. The number of nitrogens with two attached hydrogens (primary N) is 1. The van der Waals surface area contributed by atoms with Gasteiger partial charge in [-0.3, -0.25) is 4.90 Å². The number of hydrogen-bond acceptors (Lipinski definition) is 3. The maximum absolute atomic E-state index is 13.0. The van der Waals surface area contributed by atoms with Crippen LogP contribution in [0.15, 0.2) is 18.2 Å². The molecule has 3 N–H and O–H groups in total. The third kappa shape index (κ3) is 2.75. The second kappa shape index (κ2) is 5.11. The summed E-state index contributed by atoms with van der Waals surface area (Å²) >= 11 is 0. The van der Waals surface area contributed by atoms with Gasteiger partial charge in [0.25, 0.3) is 0 Å². The van der Waals surface area contributed by atoms with Crippen molar-refractivity contribution in [1.29, 1.82) is 0 Å². The fourth-order valence-electron chi connectivity index (χ4n) is 2.68. The molecule has 1 heterocycles. The summed E-state index contributed by atoms with van der Waals surface area (Å²) in [6.45, 7) is 2.34. The maximum Gasteiger partial charge on any atom is 0.416 e. The van der Waals surface area contributed by atoms with Crippen LogP contribution in [0.1, 0.15) is 29.7 Å². The minimum absolute atomic E-state index is 0.178. The van der Waals surface area contributed by atoms with Gasteiger partial charge in [0.15, 0.2) is 0 Å². The first-order chi connectivity index (χ1) is 8.84. The first-order valence-corrected chi connectivity index (χ1v) is 6.15. The highest BCUT2D eigenvalue weighted by molar-refractivity contribution is 5.42. The first kappa shape index (κ1) is 14.3. The molecule has 0 spiro atoms. The maximum atomic E-state index is 13.0. The molecule has 0 fully saturated rings. The Labute approximate surface area is 109 Å². The van der Waals surface area contributed by atoms with Crippen molar-refractivity contribution < 1.29 is 18.3 Å². The van der Waals surface area contributed by atoms with Crippen LogP contribution in [0.5, 0.6) is 0 Å². The van der Waals surface area contributed by atoms with Crippen molar-refractivity contribution in [1.82, 2.24) is 4.90 Å². The van der Waals surface area contributed by atoms with E-state index in [0.717, 1.165) is 6.07 Å². The van der Waals surface area contributed by atoms with Gasteiger partial charge in [0.1, 0.15) is 0 Å². The Hall–Kier alpha value is -1.11. The molecule has 0 saturated heterocycles. The molecule has 0 aliphatic carbocycles. The van der Waals surface area contributed by atoms with Gasteiger partial charge in [0.05, 0.1) is 11.7 Å².